The molecule has 1 saturated carbocycles. The third-order valence-corrected chi connectivity index (χ3v) is 5.83. The van der Waals surface area contributed by atoms with Gasteiger partial charge in [0.25, 0.3) is 5.91 Å². The molecule has 1 aliphatic heterocycles. The molecule has 26 heavy (non-hydrogen) atoms. The second kappa shape index (κ2) is 5.69. The van der Waals surface area contributed by atoms with Crippen LogP contribution in [0.1, 0.15) is 35.7 Å². The van der Waals surface area contributed by atoms with Gasteiger partial charge in [0.05, 0.1) is 5.56 Å². The number of nitrogens with two attached hydrogens (primary N) is 1. The lowest BCUT2D eigenvalue weighted by Gasteiger charge is -2.16. The Bertz CT molecular complexity index is 911. The van der Waals surface area contributed by atoms with Crippen molar-refractivity contribution in [1.29, 1.82) is 0 Å². The molecule has 0 bridgehead atoms. The molecular weight excluding hydrogens is 331 g/mol. The second-order valence-corrected chi connectivity index (χ2v) is 7.53. The van der Waals surface area contributed by atoms with Gasteiger partial charge >= 0.3 is 0 Å². The molecule has 2 aromatic rings. The van der Waals surface area contributed by atoms with Crippen LogP contribution in [-0.2, 0) is 5.41 Å². The average molecular weight is 354 g/mol. The van der Waals surface area contributed by atoms with E-state index in [1.807, 2.05) is 6.07 Å². The summed E-state index contributed by atoms with van der Waals surface area (Å²) in [5, 5.41) is 3.38. The first-order chi connectivity index (χ1) is 12.4. The number of hydrogen-bond donors (Lipinski definition) is 2. The van der Waals surface area contributed by atoms with Crippen LogP contribution in [-0.4, -0.2) is 36.4 Å². The number of pyridine rings is 1. The summed E-state index contributed by atoms with van der Waals surface area (Å²) >= 11 is 0. The number of benzene rings is 1. The summed E-state index contributed by atoms with van der Waals surface area (Å²) in [5.74, 6) is 0.510. The fraction of sp³-hybridized carbons (Fsp3) is 0.400. The maximum Gasteiger partial charge on any atom is 0.258 e. The van der Waals surface area contributed by atoms with Crippen molar-refractivity contribution < 1.29 is 9.18 Å². The third-order valence-electron chi connectivity index (χ3n) is 5.83. The highest BCUT2D eigenvalue weighted by Gasteiger charge is 2.57. The number of carbonyl (C=O) groups is 1. The highest BCUT2D eigenvalue weighted by molar-refractivity contribution is 6.00. The molecule has 1 fully saturated rings. The summed E-state index contributed by atoms with van der Waals surface area (Å²) in [5.41, 5.74) is 8.27. The van der Waals surface area contributed by atoms with Crippen molar-refractivity contribution in [2.75, 3.05) is 31.7 Å². The van der Waals surface area contributed by atoms with Gasteiger partial charge in [0.2, 0.25) is 0 Å². The lowest BCUT2D eigenvalue weighted by Crippen LogP contribution is -2.24. The first-order valence-corrected chi connectivity index (χ1v) is 8.93. The molecule has 1 aromatic carbocycles. The number of halogens is 1. The Balaban J connectivity index is 1.81. The van der Waals surface area contributed by atoms with Crippen LogP contribution >= 0.6 is 0 Å². The summed E-state index contributed by atoms with van der Waals surface area (Å²) in [6.45, 7) is 3.10. The van der Waals surface area contributed by atoms with Gasteiger partial charge in [-0.05, 0) is 30.5 Å². The Morgan fingerprint density at radius 3 is 2.88 bits per heavy atom. The van der Waals surface area contributed by atoms with Crippen LogP contribution < -0.4 is 11.1 Å². The minimum Gasteiger partial charge on any atom is -0.398 e. The molecule has 3 N–H and O–H groups in total. The molecule has 2 atom stereocenters. The number of carbonyl (C=O) groups excluding carboxylic acids is 1. The van der Waals surface area contributed by atoms with Crippen molar-refractivity contribution in [2.24, 2.45) is 5.92 Å². The van der Waals surface area contributed by atoms with Crippen molar-refractivity contribution >= 4 is 17.4 Å². The summed E-state index contributed by atoms with van der Waals surface area (Å²) in [7, 11) is 3.16. The maximum absolute atomic E-state index is 15.2. The van der Waals surface area contributed by atoms with Crippen LogP contribution in [0.2, 0.25) is 0 Å². The van der Waals surface area contributed by atoms with Crippen LogP contribution in [0.3, 0.4) is 0 Å². The zero-order valence-electron chi connectivity index (χ0n) is 15.3. The Hall–Kier alpha value is -2.63. The fourth-order valence-corrected chi connectivity index (χ4v) is 4.19. The lowest BCUT2D eigenvalue weighted by molar-refractivity contribution is 0.0824. The fourth-order valence-electron chi connectivity index (χ4n) is 4.19. The summed E-state index contributed by atoms with van der Waals surface area (Å²) in [4.78, 5) is 18.2. The van der Waals surface area contributed by atoms with Gasteiger partial charge in [-0.3, -0.25) is 4.79 Å². The molecule has 1 spiro atoms. The second-order valence-electron chi connectivity index (χ2n) is 7.53. The molecule has 2 aliphatic rings. The van der Waals surface area contributed by atoms with Crippen molar-refractivity contribution in [3.63, 3.8) is 0 Å². The number of anilines is 2. The van der Waals surface area contributed by atoms with Crippen molar-refractivity contribution in [3.8, 4) is 11.1 Å². The molecule has 0 radical (unpaired) electrons. The topological polar surface area (TPSA) is 71.2 Å². The number of hydrogen-bond acceptors (Lipinski definition) is 4. The Kier molecular flexibility index (Phi) is 3.68. The van der Waals surface area contributed by atoms with Gasteiger partial charge in [-0.15, -0.1) is 0 Å². The van der Waals surface area contributed by atoms with Crippen molar-refractivity contribution in [3.05, 3.63) is 41.3 Å². The molecular formula is C20H23FN4O. The molecule has 2 unspecified atom stereocenters. The third kappa shape index (κ3) is 2.28. The number of nitrogen functional groups attached to an aromatic ring is 1. The summed E-state index contributed by atoms with van der Waals surface area (Å²) < 4.78 is 15.2. The van der Waals surface area contributed by atoms with Crippen molar-refractivity contribution in [2.45, 2.75) is 25.2 Å². The van der Waals surface area contributed by atoms with E-state index in [4.69, 9.17) is 5.73 Å². The van der Waals surface area contributed by atoms with Crippen LogP contribution in [0.5, 0.6) is 0 Å². The van der Waals surface area contributed by atoms with Crippen LogP contribution in [0.4, 0.5) is 15.9 Å². The molecule has 1 aliphatic carbocycles. The van der Waals surface area contributed by atoms with Crippen LogP contribution in [0.15, 0.2) is 24.4 Å². The Labute approximate surface area is 152 Å². The Morgan fingerprint density at radius 2 is 2.23 bits per heavy atom. The first kappa shape index (κ1) is 16.8. The first-order valence-electron chi connectivity index (χ1n) is 8.93. The monoisotopic (exact) mass is 354 g/mol. The predicted molar refractivity (Wildman–Crippen MR) is 101 cm³/mol. The zero-order valence-corrected chi connectivity index (χ0v) is 15.3. The number of fused-ring (bicyclic) bond motifs is 2. The van der Waals surface area contributed by atoms with E-state index in [9.17, 15) is 4.79 Å². The molecule has 6 heteroatoms. The molecule has 1 aromatic heterocycles. The number of nitrogens with zero attached hydrogens (tertiary/aromatic N) is 2. The number of rotatable bonds is 3. The van der Waals surface area contributed by atoms with Crippen molar-refractivity contribution in [1.82, 2.24) is 9.88 Å². The number of amides is 1. The standard InChI is InChI=1S/C20H23FN4O/c1-4-12-8-20(12)10-24-18-14(20)7-11(9-23-18)13-5-6-15(22)16(17(13)21)19(26)25(2)3/h5-7,9,12H,4,8,10,22H2,1-3H3,(H,23,24). The molecule has 0 saturated heterocycles. The van der Waals surface area contributed by atoms with Gasteiger partial charge in [-0.1, -0.05) is 13.3 Å². The molecule has 1 amide bonds. The number of aromatic nitrogens is 1. The highest BCUT2D eigenvalue weighted by Crippen LogP contribution is 2.60. The maximum atomic E-state index is 15.2. The van der Waals surface area contributed by atoms with E-state index in [-0.39, 0.29) is 16.7 Å². The van der Waals surface area contributed by atoms with E-state index >= 15 is 4.39 Å². The highest BCUT2D eigenvalue weighted by atomic mass is 19.1. The minimum atomic E-state index is -0.590. The Morgan fingerprint density at radius 1 is 1.46 bits per heavy atom. The largest absolute Gasteiger partial charge is 0.398 e. The van der Waals surface area contributed by atoms with E-state index in [0.29, 0.717) is 17.0 Å². The smallest absolute Gasteiger partial charge is 0.258 e. The normalized spacial score (nSPS) is 22.8. The van der Waals surface area contributed by atoms with Crippen LogP contribution in [0.25, 0.3) is 11.1 Å². The summed E-state index contributed by atoms with van der Waals surface area (Å²) in [6, 6.07) is 5.23. The summed E-state index contributed by atoms with van der Waals surface area (Å²) in [6.07, 6.45) is 3.93. The van der Waals surface area contributed by atoms with Crippen LogP contribution in [0, 0.1) is 11.7 Å². The van der Waals surface area contributed by atoms with E-state index in [1.165, 1.54) is 10.5 Å². The molecule has 5 nitrogen and oxygen atoms in total. The van der Waals surface area contributed by atoms with Gasteiger partial charge in [-0.25, -0.2) is 9.37 Å². The average Bonchev–Trinajstić information content (AvgIpc) is 3.22. The minimum absolute atomic E-state index is 0.0845. The molecule has 2 heterocycles. The SMILES string of the molecule is CCC1CC12CNc1ncc(-c3ccc(N)c(C(=O)N(C)C)c3F)cc12. The quantitative estimate of drug-likeness (QED) is 0.830. The van der Waals surface area contributed by atoms with Gasteiger partial charge in [0, 0.05) is 54.6 Å². The van der Waals surface area contributed by atoms with E-state index in [0.717, 1.165) is 25.2 Å². The van der Waals surface area contributed by atoms with E-state index in [2.05, 4.69) is 17.2 Å². The van der Waals surface area contributed by atoms with E-state index < -0.39 is 11.7 Å². The van der Waals surface area contributed by atoms with Gasteiger partial charge in [-0.2, -0.15) is 0 Å². The van der Waals surface area contributed by atoms with E-state index in [1.54, 1.807) is 32.4 Å². The predicted octanol–water partition coefficient (Wildman–Crippen LogP) is 3.26. The zero-order chi connectivity index (χ0) is 18.6. The molecule has 4 rings (SSSR count). The molecule has 136 valence electrons. The van der Waals surface area contributed by atoms with Gasteiger partial charge in [0.1, 0.15) is 11.6 Å². The van der Waals surface area contributed by atoms with Gasteiger partial charge < -0.3 is 16.0 Å². The number of nitrogens with one attached hydrogen (secondary N) is 1. The lowest BCUT2D eigenvalue weighted by atomic mass is 9.93. The van der Waals surface area contributed by atoms with Gasteiger partial charge in [0.15, 0.2) is 0 Å².